The molecule has 0 fully saturated rings. The molecule has 0 amide bonds. The highest BCUT2D eigenvalue weighted by molar-refractivity contribution is 7.85. The van der Waals surface area contributed by atoms with E-state index in [-0.39, 0.29) is 0 Å². The van der Waals surface area contributed by atoms with E-state index in [1.807, 2.05) is 24.3 Å². The second-order valence-electron chi connectivity index (χ2n) is 4.14. The van der Waals surface area contributed by atoms with Crippen LogP contribution in [0.15, 0.2) is 29.2 Å². The molecule has 0 saturated carbocycles. The number of benzene rings is 1. The molecule has 0 aliphatic rings. The Morgan fingerprint density at radius 3 is 2.06 bits per heavy atom. The first-order chi connectivity index (χ1) is 8.08. The maximum atomic E-state index is 12.0. The lowest BCUT2D eigenvalue weighted by Crippen LogP contribution is -2.21. The molecular weight excluding hydrogens is 236 g/mol. The molecule has 1 aromatic carbocycles. The van der Waals surface area contributed by atoms with Crippen molar-refractivity contribution in [2.45, 2.75) is 31.0 Å². The molecule has 17 heavy (non-hydrogen) atoms. The summed E-state index contributed by atoms with van der Waals surface area (Å²) in [5.74, 6) is 0.844. The Bertz CT molecular complexity index is 355. The lowest BCUT2D eigenvalue weighted by Gasteiger charge is -2.13. The van der Waals surface area contributed by atoms with Crippen molar-refractivity contribution in [2.75, 3.05) is 20.0 Å². The van der Waals surface area contributed by atoms with E-state index in [0.717, 1.165) is 4.90 Å². The van der Waals surface area contributed by atoms with Gasteiger partial charge < -0.3 is 9.47 Å². The van der Waals surface area contributed by atoms with E-state index in [1.54, 1.807) is 14.2 Å². The van der Waals surface area contributed by atoms with Crippen LogP contribution in [0.2, 0.25) is 0 Å². The van der Waals surface area contributed by atoms with Crippen molar-refractivity contribution >= 4 is 10.8 Å². The van der Waals surface area contributed by atoms with Gasteiger partial charge in [-0.1, -0.05) is 26.0 Å². The molecule has 0 radical (unpaired) electrons. The minimum atomic E-state index is -1.08. The smallest absolute Gasteiger partial charge is 0.168 e. The van der Waals surface area contributed by atoms with E-state index in [0.29, 0.717) is 11.7 Å². The van der Waals surface area contributed by atoms with Crippen LogP contribution in [-0.4, -0.2) is 30.5 Å². The molecule has 0 aliphatic heterocycles. The highest BCUT2D eigenvalue weighted by Crippen LogP contribution is 2.17. The van der Waals surface area contributed by atoms with Gasteiger partial charge >= 0.3 is 0 Å². The molecule has 4 heteroatoms. The third kappa shape index (κ3) is 4.22. The summed E-state index contributed by atoms with van der Waals surface area (Å²) in [5.41, 5.74) is 1.25. The molecule has 1 aromatic rings. The topological polar surface area (TPSA) is 35.5 Å². The summed E-state index contributed by atoms with van der Waals surface area (Å²) in [4.78, 5) is 0.813. The second-order valence-corrected chi connectivity index (χ2v) is 5.63. The van der Waals surface area contributed by atoms with E-state index in [4.69, 9.17) is 9.47 Å². The average molecular weight is 256 g/mol. The maximum Gasteiger partial charge on any atom is 0.168 e. The number of hydrogen-bond acceptors (Lipinski definition) is 3. The Hall–Kier alpha value is -0.710. The van der Waals surface area contributed by atoms with Gasteiger partial charge in [-0.2, -0.15) is 0 Å². The highest BCUT2D eigenvalue weighted by atomic mass is 32.2. The molecule has 96 valence electrons. The first-order valence-corrected chi connectivity index (χ1v) is 6.94. The molecule has 0 aliphatic carbocycles. The molecule has 0 N–H and O–H groups in total. The first-order valence-electron chi connectivity index (χ1n) is 5.62. The fourth-order valence-corrected chi connectivity index (χ4v) is 2.61. The van der Waals surface area contributed by atoms with Crippen molar-refractivity contribution in [2.24, 2.45) is 0 Å². The summed E-state index contributed by atoms with van der Waals surface area (Å²) in [6.07, 6.45) is -0.416. The predicted octanol–water partition coefficient (Wildman–Crippen LogP) is 2.54. The quantitative estimate of drug-likeness (QED) is 0.734. The van der Waals surface area contributed by atoms with E-state index in [9.17, 15) is 4.21 Å². The van der Waals surface area contributed by atoms with Crippen LogP contribution in [0.5, 0.6) is 0 Å². The zero-order valence-electron chi connectivity index (χ0n) is 10.8. The summed E-state index contributed by atoms with van der Waals surface area (Å²) in [6, 6.07) is 7.86. The van der Waals surface area contributed by atoms with Gasteiger partial charge in [0.15, 0.2) is 6.29 Å². The molecule has 0 heterocycles. The van der Waals surface area contributed by atoms with Gasteiger partial charge in [0.1, 0.15) is 0 Å². The molecule has 1 atom stereocenters. The first kappa shape index (κ1) is 14.4. The summed E-state index contributed by atoms with van der Waals surface area (Å²) < 4.78 is 22.1. The zero-order chi connectivity index (χ0) is 12.8. The fraction of sp³-hybridized carbons (Fsp3) is 0.538. The normalized spacial score (nSPS) is 13.3. The van der Waals surface area contributed by atoms with Gasteiger partial charge in [-0.15, -0.1) is 0 Å². The average Bonchev–Trinajstić information content (AvgIpc) is 2.35. The van der Waals surface area contributed by atoms with Crippen LogP contribution in [0.3, 0.4) is 0 Å². The number of hydrogen-bond donors (Lipinski definition) is 0. The lowest BCUT2D eigenvalue weighted by molar-refractivity contribution is -0.0847. The maximum absolute atomic E-state index is 12.0. The summed E-state index contributed by atoms with van der Waals surface area (Å²) in [7, 11) is 2.01. The Morgan fingerprint density at radius 1 is 1.12 bits per heavy atom. The molecule has 0 bridgehead atoms. The monoisotopic (exact) mass is 256 g/mol. The summed E-state index contributed by atoms with van der Waals surface area (Å²) >= 11 is 0. The standard InChI is InChI=1S/C13H20O3S/c1-10(2)11-5-7-12(8-6-11)17(14)9-13(15-3)16-4/h5-8,10,13H,9H2,1-4H3. The Kier molecular flexibility index (Phi) is 5.82. The Labute approximate surface area is 106 Å². The minimum Gasteiger partial charge on any atom is -0.355 e. The van der Waals surface area contributed by atoms with Gasteiger partial charge in [0.2, 0.25) is 0 Å². The van der Waals surface area contributed by atoms with Crippen LogP contribution in [0.4, 0.5) is 0 Å². The minimum absolute atomic E-state index is 0.355. The van der Waals surface area contributed by atoms with Crippen LogP contribution >= 0.6 is 0 Å². The molecule has 1 unspecified atom stereocenters. The molecule has 0 spiro atoms. The highest BCUT2D eigenvalue weighted by Gasteiger charge is 2.12. The van der Waals surface area contributed by atoms with Crippen LogP contribution in [-0.2, 0) is 20.3 Å². The Balaban J connectivity index is 2.69. The lowest BCUT2D eigenvalue weighted by atomic mass is 10.0. The van der Waals surface area contributed by atoms with Crippen molar-refractivity contribution in [1.29, 1.82) is 0 Å². The van der Waals surface area contributed by atoms with Gasteiger partial charge in [0.25, 0.3) is 0 Å². The van der Waals surface area contributed by atoms with Crippen molar-refractivity contribution in [3.63, 3.8) is 0 Å². The van der Waals surface area contributed by atoms with Gasteiger partial charge in [-0.05, 0) is 23.6 Å². The van der Waals surface area contributed by atoms with Crippen molar-refractivity contribution in [1.82, 2.24) is 0 Å². The molecular formula is C13H20O3S. The van der Waals surface area contributed by atoms with Crippen molar-refractivity contribution < 1.29 is 13.7 Å². The fourth-order valence-electron chi connectivity index (χ4n) is 1.46. The van der Waals surface area contributed by atoms with E-state index < -0.39 is 17.1 Å². The van der Waals surface area contributed by atoms with Gasteiger partial charge in [-0.25, -0.2) is 0 Å². The Morgan fingerprint density at radius 2 is 1.65 bits per heavy atom. The third-order valence-corrected chi connectivity index (χ3v) is 4.00. The number of rotatable bonds is 6. The van der Waals surface area contributed by atoms with Gasteiger partial charge in [0.05, 0.1) is 16.6 Å². The zero-order valence-corrected chi connectivity index (χ0v) is 11.6. The van der Waals surface area contributed by atoms with Crippen molar-refractivity contribution in [3.05, 3.63) is 29.8 Å². The van der Waals surface area contributed by atoms with E-state index in [2.05, 4.69) is 13.8 Å². The molecule has 0 saturated heterocycles. The van der Waals surface area contributed by atoms with Crippen LogP contribution in [0.1, 0.15) is 25.3 Å². The second kappa shape index (κ2) is 6.89. The summed E-state index contributed by atoms with van der Waals surface area (Å²) in [5, 5.41) is 0. The predicted molar refractivity (Wildman–Crippen MR) is 69.6 cm³/mol. The van der Waals surface area contributed by atoms with Crippen LogP contribution in [0, 0.1) is 0 Å². The number of methoxy groups -OCH3 is 2. The molecule has 3 nitrogen and oxygen atoms in total. The van der Waals surface area contributed by atoms with Crippen molar-refractivity contribution in [3.8, 4) is 0 Å². The van der Waals surface area contributed by atoms with Gasteiger partial charge in [0, 0.05) is 19.1 Å². The number of ether oxygens (including phenoxy) is 2. The third-order valence-electron chi connectivity index (χ3n) is 2.62. The van der Waals surface area contributed by atoms with Crippen LogP contribution in [0.25, 0.3) is 0 Å². The SMILES string of the molecule is COC(CS(=O)c1ccc(C(C)C)cc1)OC. The largest absolute Gasteiger partial charge is 0.355 e. The van der Waals surface area contributed by atoms with E-state index >= 15 is 0 Å². The molecule has 0 aromatic heterocycles. The van der Waals surface area contributed by atoms with Gasteiger partial charge in [-0.3, -0.25) is 4.21 Å². The van der Waals surface area contributed by atoms with Crippen LogP contribution < -0.4 is 0 Å². The van der Waals surface area contributed by atoms with E-state index in [1.165, 1.54) is 5.56 Å². The molecule has 1 rings (SSSR count). The summed E-state index contributed by atoms with van der Waals surface area (Å²) in [6.45, 7) is 4.27.